The van der Waals surface area contributed by atoms with Crippen LogP contribution in [0.2, 0.25) is 0 Å². The number of nitrogens with zero attached hydrogens (tertiary/aromatic N) is 3. The number of likely N-dealkylation sites (tertiary alicyclic amines) is 1. The molecule has 30 heavy (non-hydrogen) atoms. The molecule has 0 atom stereocenters. The van der Waals surface area contributed by atoms with Crippen molar-refractivity contribution in [3.05, 3.63) is 71.6 Å². The van der Waals surface area contributed by atoms with Crippen LogP contribution in [0.1, 0.15) is 33.1 Å². The third-order valence-corrected chi connectivity index (χ3v) is 6.38. The lowest BCUT2D eigenvalue weighted by molar-refractivity contribution is 0.0867. The second-order valence-corrected chi connectivity index (χ2v) is 8.68. The van der Waals surface area contributed by atoms with Gasteiger partial charge in [-0.05, 0) is 50.0 Å². The maximum atomic E-state index is 15.2. The summed E-state index contributed by atoms with van der Waals surface area (Å²) in [6, 6.07) is 0. The Morgan fingerprint density at radius 1 is 1.40 bits per heavy atom. The van der Waals surface area contributed by atoms with Gasteiger partial charge in [0.1, 0.15) is 5.82 Å². The molecule has 2 aliphatic rings. The van der Waals surface area contributed by atoms with Crippen molar-refractivity contribution in [2.45, 2.75) is 38.8 Å². The number of rotatable bonds is 8. The lowest BCUT2D eigenvalue weighted by atomic mass is 9.90. The van der Waals surface area contributed by atoms with Gasteiger partial charge in [0.15, 0.2) is 5.67 Å². The first-order chi connectivity index (χ1) is 14.3. The molecule has 0 aliphatic carbocycles. The van der Waals surface area contributed by atoms with Gasteiger partial charge in [-0.15, -0.1) is 0 Å². The van der Waals surface area contributed by atoms with E-state index in [0.29, 0.717) is 30.8 Å². The Morgan fingerprint density at radius 2 is 2.10 bits per heavy atom. The van der Waals surface area contributed by atoms with E-state index in [1.807, 2.05) is 25.2 Å². The fourth-order valence-corrected chi connectivity index (χ4v) is 3.93. The van der Waals surface area contributed by atoms with Gasteiger partial charge in [0.05, 0.1) is 5.04 Å². The minimum Gasteiger partial charge on any atom is -0.342 e. The van der Waals surface area contributed by atoms with Gasteiger partial charge in [-0.1, -0.05) is 56.7 Å². The third-order valence-electron chi connectivity index (χ3n) is 5.42. The molecule has 0 spiro atoms. The number of thioether (sulfide) groups is 1. The third kappa shape index (κ3) is 6.67. The Labute approximate surface area is 184 Å². The van der Waals surface area contributed by atoms with E-state index in [2.05, 4.69) is 46.9 Å². The minimum absolute atomic E-state index is 0.407. The molecule has 2 heterocycles. The largest absolute Gasteiger partial charge is 0.342 e. The van der Waals surface area contributed by atoms with Crippen LogP contribution in [-0.2, 0) is 0 Å². The molecule has 0 radical (unpaired) electrons. The van der Waals surface area contributed by atoms with Crippen LogP contribution in [-0.4, -0.2) is 48.5 Å². The van der Waals surface area contributed by atoms with Gasteiger partial charge in [0, 0.05) is 37.0 Å². The minimum atomic E-state index is -1.38. The maximum absolute atomic E-state index is 15.2. The van der Waals surface area contributed by atoms with Crippen LogP contribution in [0.3, 0.4) is 0 Å². The van der Waals surface area contributed by atoms with Crippen LogP contribution in [0.25, 0.3) is 0 Å². The summed E-state index contributed by atoms with van der Waals surface area (Å²) in [7, 11) is 1.76. The molecule has 0 saturated carbocycles. The Morgan fingerprint density at radius 3 is 2.63 bits per heavy atom. The number of aliphatic imine (C=N–C) groups is 2. The Bertz CT molecular complexity index is 824. The van der Waals surface area contributed by atoms with Crippen LogP contribution in [0.5, 0.6) is 0 Å². The van der Waals surface area contributed by atoms with Gasteiger partial charge in [0.25, 0.3) is 0 Å². The smallest absolute Gasteiger partial charge is 0.152 e. The molecule has 1 fully saturated rings. The first kappa shape index (κ1) is 24.1. The standard InChI is InChI=1S/C24H33FN4S/c1-7-22(18(3)30-20(5)26-6)11-9-21-10-12-23(27-17-21)28-19(4)24(25)13-15-29(8-2)16-14-24/h7,9,11-12,17,28H,1,3-4,8,10,13-16H2,2,5-6H3/b21-9+,22-11+,26-20-. The maximum Gasteiger partial charge on any atom is 0.152 e. The summed E-state index contributed by atoms with van der Waals surface area (Å²) in [4.78, 5) is 11.7. The molecular formula is C24H33FN4S. The lowest BCUT2D eigenvalue weighted by Crippen LogP contribution is -2.45. The molecule has 6 heteroatoms. The Kier molecular flexibility index (Phi) is 9.06. The normalized spacial score (nSPS) is 21.3. The van der Waals surface area contributed by atoms with Crippen LogP contribution < -0.4 is 5.32 Å². The van der Waals surface area contributed by atoms with Gasteiger partial charge >= 0.3 is 0 Å². The molecular weight excluding hydrogens is 395 g/mol. The average molecular weight is 429 g/mol. The predicted octanol–water partition coefficient (Wildman–Crippen LogP) is 5.56. The molecule has 0 aromatic carbocycles. The van der Waals surface area contributed by atoms with Crippen molar-refractivity contribution in [3.8, 4) is 0 Å². The van der Waals surface area contributed by atoms with Crippen molar-refractivity contribution in [2.75, 3.05) is 26.7 Å². The molecule has 162 valence electrons. The zero-order chi connectivity index (χ0) is 22.1. The number of hydrogen-bond donors (Lipinski definition) is 1. The van der Waals surface area contributed by atoms with Crippen LogP contribution in [0, 0.1) is 0 Å². The second-order valence-electron chi connectivity index (χ2n) is 7.39. The van der Waals surface area contributed by atoms with E-state index < -0.39 is 5.67 Å². The highest BCUT2D eigenvalue weighted by Gasteiger charge is 2.37. The Balaban J connectivity index is 1.94. The fraction of sp³-hybridized carbons (Fsp3) is 0.417. The van der Waals surface area contributed by atoms with Crippen molar-refractivity contribution in [2.24, 2.45) is 9.98 Å². The molecule has 4 nitrogen and oxygen atoms in total. The molecule has 0 amide bonds. The molecule has 2 aliphatic heterocycles. The number of halogens is 1. The van der Waals surface area contributed by atoms with Gasteiger partial charge in [0.2, 0.25) is 0 Å². The van der Waals surface area contributed by atoms with E-state index >= 15 is 4.39 Å². The summed E-state index contributed by atoms with van der Waals surface area (Å²) in [6.45, 7) is 18.4. The molecule has 2 rings (SSSR count). The van der Waals surface area contributed by atoms with Gasteiger partial charge in [-0.3, -0.25) is 4.99 Å². The highest BCUT2D eigenvalue weighted by molar-refractivity contribution is 8.17. The first-order valence-corrected chi connectivity index (χ1v) is 11.1. The van der Waals surface area contributed by atoms with Gasteiger partial charge in [-0.2, -0.15) is 0 Å². The van der Waals surface area contributed by atoms with Crippen LogP contribution >= 0.6 is 11.8 Å². The number of piperidine rings is 1. The van der Waals surface area contributed by atoms with Gasteiger partial charge in [-0.25, -0.2) is 9.38 Å². The Hall–Kier alpha value is -2.18. The monoisotopic (exact) mass is 428 g/mol. The first-order valence-electron chi connectivity index (χ1n) is 10.3. The fourth-order valence-electron chi connectivity index (χ4n) is 3.21. The summed E-state index contributed by atoms with van der Waals surface area (Å²) in [6.07, 6.45) is 11.2. The number of nitrogens with one attached hydrogen (secondary N) is 1. The van der Waals surface area contributed by atoms with E-state index in [4.69, 9.17) is 0 Å². The zero-order valence-corrected chi connectivity index (χ0v) is 19.2. The van der Waals surface area contributed by atoms with E-state index in [1.54, 1.807) is 19.3 Å². The summed E-state index contributed by atoms with van der Waals surface area (Å²) >= 11 is 1.52. The summed E-state index contributed by atoms with van der Waals surface area (Å²) in [5, 5.41) is 4.04. The second kappa shape index (κ2) is 11.3. The molecule has 0 aromatic rings. The molecule has 0 bridgehead atoms. The van der Waals surface area contributed by atoms with Crippen LogP contribution in [0.4, 0.5) is 4.39 Å². The quantitative estimate of drug-likeness (QED) is 0.312. The van der Waals surface area contributed by atoms with E-state index in [-0.39, 0.29) is 0 Å². The van der Waals surface area contributed by atoms with E-state index in [1.165, 1.54) is 11.8 Å². The van der Waals surface area contributed by atoms with E-state index in [9.17, 15) is 0 Å². The number of hydrogen-bond acceptors (Lipinski definition) is 5. The average Bonchev–Trinajstić information content (AvgIpc) is 2.75. The molecule has 0 unspecified atom stereocenters. The van der Waals surface area contributed by atoms with Crippen molar-refractivity contribution >= 4 is 23.0 Å². The summed E-state index contributed by atoms with van der Waals surface area (Å²) in [5.74, 6) is 0.648. The van der Waals surface area contributed by atoms with Gasteiger partial charge < -0.3 is 10.2 Å². The highest BCUT2D eigenvalue weighted by atomic mass is 32.2. The van der Waals surface area contributed by atoms with E-state index in [0.717, 1.165) is 40.7 Å². The van der Waals surface area contributed by atoms with Crippen molar-refractivity contribution in [1.29, 1.82) is 0 Å². The molecule has 0 aromatic heterocycles. The topological polar surface area (TPSA) is 40.0 Å². The highest BCUT2D eigenvalue weighted by Crippen LogP contribution is 2.32. The lowest BCUT2D eigenvalue weighted by Gasteiger charge is -2.37. The van der Waals surface area contributed by atoms with Crippen molar-refractivity contribution in [1.82, 2.24) is 10.2 Å². The number of allylic oxidation sites excluding steroid dienone is 7. The number of alkyl halides is 1. The summed E-state index contributed by atoms with van der Waals surface area (Å²) < 4.78 is 15.2. The molecule has 1 N–H and O–H groups in total. The van der Waals surface area contributed by atoms with Crippen molar-refractivity contribution < 1.29 is 4.39 Å². The molecule has 1 saturated heterocycles. The summed E-state index contributed by atoms with van der Waals surface area (Å²) in [5.41, 5.74) is 1.03. The van der Waals surface area contributed by atoms with Crippen LogP contribution in [0.15, 0.2) is 81.6 Å². The van der Waals surface area contributed by atoms with Crippen molar-refractivity contribution in [3.63, 3.8) is 0 Å². The predicted molar refractivity (Wildman–Crippen MR) is 131 cm³/mol. The zero-order valence-electron chi connectivity index (χ0n) is 18.4. The SMILES string of the molecule is C=C/C(=C\C=C1\C=NC(NC(=C)C2(F)CCN(CC)CC2)=CC1)C(=C)S/C(C)=N\C.